The maximum Gasteiger partial charge on any atom is 0.241 e. The van der Waals surface area contributed by atoms with E-state index in [-0.39, 0.29) is 11.3 Å². The molecule has 1 unspecified atom stereocenters. The van der Waals surface area contributed by atoms with Gasteiger partial charge in [0.15, 0.2) is 0 Å². The highest BCUT2D eigenvalue weighted by atomic mass is 32.2. The Hall–Kier alpha value is -3.74. The number of hydrogen-bond donors (Lipinski definition) is 2. The van der Waals surface area contributed by atoms with Crippen LogP contribution in [0.4, 0.5) is 0 Å². The summed E-state index contributed by atoms with van der Waals surface area (Å²) in [4.78, 5) is 14.0. The Balaban J connectivity index is 1.69. The van der Waals surface area contributed by atoms with Gasteiger partial charge in [0.1, 0.15) is 6.04 Å². The molecule has 37 heavy (non-hydrogen) atoms. The van der Waals surface area contributed by atoms with Crippen molar-refractivity contribution < 1.29 is 13.2 Å². The van der Waals surface area contributed by atoms with Crippen LogP contribution in [0.2, 0.25) is 0 Å². The average Bonchev–Trinajstić information content (AvgIpc) is 2.87. The summed E-state index contributed by atoms with van der Waals surface area (Å²) in [6, 6.07) is 31.0. The van der Waals surface area contributed by atoms with Crippen LogP contribution in [0.25, 0.3) is 0 Å². The van der Waals surface area contributed by atoms with Crippen LogP contribution >= 0.6 is 0 Å². The summed E-state index contributed by atoms with van der Waals surface area (Å²) in [6.45, 7) is 5.49. The number of sulfonamides is 1. The number of nitrogens with one attached hydrogen (secondary N) is 2. The van der Waals surface area contributed by atoms with Crippen LogP contribution < -0.4 is 10.0 Å². The van der Waals surface area contributed by atoms with Gasteiger partial charge in [-0.05, 0) is 55.0 Å². The average molecular weight is 513 g/mol. The van der Waals surface area contributed by atoms with E-state index in [1.54, 1.807) is 13.8 Å². The molecule has 5 nitrogen and oxygen atoms in total. The van der Waals surface area contributed by atoms with E-state index in [4.69, 9.17) is 0 Å². The number of hydrogen-bond acceptors (Lipinski definition) is 3. The van der Waals surface area contributed by atoms with Gasteiger partial charge in [0.25, 0.3) is 0 Å². The molecule has 0 fully saturated rings. The second kappa shape index (κ2) is 11.5. The summed E-state index contributed by atoms with van der Waals surface area (Å²) in [7, 11) is -3.98. The SMILES string of the molecule is Cc1cc(C)c(S(=O)(=O)NC(Cc2ccccc2)C(=O)NC(c2ccccc2)c2ccccc2)c(C)c1. The van der Waals surface area contributed by atoms with Gasteiger partial charge in [-0.2, -0.15) is 4.72 Å². The fraction of sp³-hybridized carbons (Fsp3) is 0.194. The van der Waals surface area contributed by atoms with Crippen LogP contribution in [-0.4, -0.2) is 20.4 Å². The number of carbonyl (C=O) groups is 1. The molecule has 1 amide bonds. The van der Waals surface area contributed by atoms with Crippen LogP contribution in [0.15, 0.2) is 108 Å². The monoisotopic (exact) mass is 512 g/mol. The zero-order valence-corrected chi connectivity index (χ0v) is 22.1. The Morgan fingerprint density at radius 3 is 1.68 bits per heavy atom. The van der Waals surface area contributed by atoms with E-state index in [0.717, 1.165) is 22.3 Å². The van der Waals surface area contributed by atoms with Crippen molar-refractivity contribution in [3.8, 4) is 0 Å². The van der Waals surface area contributed by atoms with Gasteiger partial charge < -0.3 is 5.32 Å². The Labute approximate surface area is 219 Å². The van der Waals surface area contributed by atoms with E-state index < -0.39 is 28.0 Å². The van der Waals surface area contributed by atoms with E-state index in [0.29, 0.717) is 11.1 Å². The molecule has 4 rings (SSSR count). The van der Waals surface area contributed by atoms with Gasteiger partial charge in [-0.1, -0.05) is 109 Å². The van der Waals surface area contributed by atoms with E-state index >= 15 is 0 Å². The summed E-state index contributed by atoms with van der Waals surface area (Å²) in [5, 5.41) is 3.12. The number of benzene rings is 4. The number of amides is 1. The summed E-state index contributed by atoms with van der Waals surface area (Å²) >= 11 is 0. The van der Waals surface area contributed by atoms with E-state index in [1.807, 2.05) is 110 Å². The molecule has 0 bridgehead atoms. The number of carbonyl (C=O) groups excluding carboxylic acids is 1. The van der Waals surface area contributed by atoms with E-state index in [1.165, 1.54) is 0 Å². The van der Waals surface area contributed by atoms with Gasteiger partial charge in [0.2, 0.25) is 15.9 Å². The van der Waals surface area contributed by atoms with Crippen molar-refractivity contribution in [2.75, 3.05) is 0 Å². The summed E-state index contributed by atoms with van der Waals surface area (Å²) in [5.74, 6) is -0.396. The van der Waals surface area contributed by atoms with Gasteiger partial charge in [-0.3, -0.25) is 4.79 Å². The van der Waals surface area contributed by atoms with Gasteiger partial charge in [-0.25, -0.2) is 8.42 Å². The van der Waals surface area contributed by atoms with Gasteiger partial charge in [0, 0.05) is 0 Å². The van der Waals surface area contributed by atoms with Crippen LogP contribution in [0, 0.1) is 20.8 Å². The Kier molecular flexibility index (Phi) is 8.21. The summed E-state index contributed by atoms with van der Waals surface area (Å²) < 4.78 is 30.0. The second-order valence-corrected chi connectivity index (χ2v) is 11.0. The standard InChI is InChI=1S/C31H32N2O3S/c1-22-19-23(2)30(24(3)20-22)37(35,36)33-28(21-25-13-7-4-8-14-25)31(34)32-29(26-15-9-5-10-16-26)27-17-11-6-12-18-27/h4-20,28-29,33H,21H2,1-3H3,(H,32,34). The van der Waals surface area contributed by atoms with Crippen molar-refractivity contribution in [2.45, 2.75) is 44.2 Å². The van der Waals surface area contributed by atoms with Crippen LogP contribution in [0.5, 0.6) is 0 Å². The molecule has 6 heteroatoms. The highest BCUT2D eigenvalue weighted by Gasteiger charge is 2.30. The van der Waals surface area contributed by atoms with Crippen LogP contribution in [-0.2, 0) is 21.2 Å². The number of rotatable bonds is 9. The lowest BCUT2D eigenvalue weighted by atomic mass is 9.97. The fourth-order valence-electron chi connectivity index (χ4n) is 4.77. The van der Waals surface area contributed by atoms with Crippen molar-refractivity contribution >= 4 is 15.9 Å². The van der Waals surface area contributed by atoms with E-state index in [2.05, 4.69) is 10.0 Å². The van der Waals surface area contributed by atoms with Crippen molar-refractivity contribution in [3.05, 3.63) is 137 Å². The topological polar surface area (TPSA) is 75.3 Å². The molecule has 0 saturated heterocycles. The lowest BCUT2D eigenvalue weighted by Gasteiger charge is -2.25. The maximum absolute atomic E-state index is 13.8. The lowest BCUT2D eigenvalue weighted by Crippen LogP contribution is -2.49. The first-order valence-corrected chi connectivity index (χ1v) is 13.8. The first-order chi connectivity index (χ1) is 17.7. The van der Waals surface area contributed by atoms with Crippen LogP contribution in [0.1, 0.15) is 39.4 Å². The Morgan fingerprint density at radius 2 is 1.19 bits per heavy atom. The smallest absolute Gasteiger partial charge is 0.241 e. The quantitative estimate of drug-likeness (QED) is 0.315. The van der Waals surface area contributed by atoms with Gasteiger partial charge >= 0.3 is 0 Å². The van der Waals surface area contributed by atoms with Gasteiger partial charge in [0.05, 0.1) is 10.9 Å². The second-order valence-electron chi connectivity index (χ2n) is 9.35. The molecular weight excluding hydrogens is 480 g/mol. The third-order valence-corrected chi connectivity index (χ3v) is 8.10. The lowest BCUT2D eigenvalue weighted by molar-refractivity contribution is -0.123. The maximum atomic E-state index is 13.8. The predicted molar refractivity (Wildman–Crippen MR) is 148 cm³/mol. The van der Waals surface area contributed by atoms with Crippen molar-refractivity contribution in [1.29, 1.82) is 0 Å². The molecule has 0 saturated carbocycles. The number of aryl methyl sites for hydroxylation is 3. The fourth-order valence-corrected chi connectivity index (χ4v) is 6.42. The summed E-state index contributed by atoms with van der Waals surface area (Å²) in [5.41, 5.74) is 4.97. The normalized spacial score (nSPS) is 12.3. The molecule has 0 aliphatic rings. The largest absolute Gasteiger partial charge is 0.344 e. The molecule has 0 radical (unpaired) electrons. The minimum Gasteiger partial charge on any atom is -0.344 e. The van der Waals surface area contributed by atoms with E-state index in [9.17, 15) is 13.2 Å². The molecule has 0 aliphatic heterocycles. The van der Waals surface area contributed by atoms with Crippen molar-refractivity contribution in [3.63, 3.8) is 0 Å². The highest BCUT2D eigenvalue weighted by Crippen LogP contribution is 2.24. The third-order valence-electron chi connectivity index (χ3n) is 6.32. The summed E-state index contributed by atoms with van der Waals surface area (Å²) in [6.07, 6.45) is 0.214. The molecule has 0 spiro atoms. The molecular formula is C31H32N2O3S. The van der Waals surface area contributed by atoms with Crippen molar-refractivity contribution in [1.82, 2.24) is 10.0 Å². The molecule has 0 aliphatic carbocycles. The highest BCUT2D eigenvalue weighted by molar-refractivity contribution is 7.89. The van der Waals surface area contributed by atoms with Crippen LogP contribution in [0.3, 0.4) is 0 Å². The predicted octanol–water partition coefficient (Wildman–Crippen LogP) is 5.41. The minimum absolute atomic E-state index is 0.214. The third kappa shape index (κ3) is 6.53. The Morgan fingerprint density at radius 1 is 0.730 bits per heavy atom. The van der Waals surface area contributed by atoms with Crippen molar-refractivity contribution in [2.24, 2.45) is 0 Å². The molecule has 0 heterocycles. The zero-order chi connectivity index (χ0) is 26.4. The zero-order valence-electron chi connectivity index (χ0n) is 21.3. The molecule has 4 aromatic rings. The van der Waals surface area contributed by atoms with Gasteiger partial charge in [-0.15, -0.1) is 0 Å². The Bertz CT molecular complexity index is 1390. The molecule has 4 aromatic carbocycles. The molecule has 1 atom stereocenters. The molecule has 2 N–H and O–H groups in total. The molecule has 0 aromatic heterocycles. The first-order valence-electron chi connectivity index (χ1n) is 12.3. The molecule has 190 valence electrons. The minimum atomic E-state index is -3.98. The first kappa shape index (κ1) is 26.3.